The Kier molecular flexibility index (Phi) is 6.03. The monoisotopic (exact) mass is 408 g/mol. The molecule has 2 N–H and O–H groups in total. The number of rotatable bonds is 6. The van der Waals surface area contributed by atoms with Crippen LogP contribution >= 0.6 is 0 Å². The molecule has 3 aromatic carbocycles. The summed E-state index contributed by atoms with van der Waals surface area (Å²) >= 11 is 0. The lowest BCUT2D eigenvalue weighted by Crippen LogP contribution is -2.29. The Balaban J connectivity index is 1.89. The first kappa shape index (κ1) is 20.6. The van der Waals surface area contributed by atoms with Gasteiger partial charge in [0.25, 0.3) is 5.91 Å². The molecule has 0 heterocycles. The molecule has 0 saturated heterocycles. The minimum Gasteiger partial charge on any atom is -0.341 e. The second-order valence-corrected chi connectivity index (χ2v) is 8.88. The van der Waals surface area contributed by atoms with Gasteiger partial charge in [-0.25, -0.2) is 8.42 Å². The van der Waals surface area contributed by atoms with E-state index in [9.17, 15) is 13.2 Å². The van der Waals surface area contributed by atoms with E-state index in [2.05, 4.69) is 10.0 Å². The van der Waals surface area contributed by atoms with Gasteiger partial charge in [-0.3, -0.25) is 9.52 Å². The van der Waals surface area contributed by atoms with Crippen molar-refractivity contribution in [2.75, 3.05) is 11.0 Å². The molecule has 0 bridgehead atoms. The van der Waals surface area contributed by atoms with E-state index >= 15 is 0 Å². The van der Waals surface area contributed by atoms with Gasteiger partial charge in [0.2, 0.25) is 10.0 Å². The summed E-state index contributed by atoms with van der Waals surface area (Å²) in [6, 6.07) is 22.5. The fourth-order valence-corrected chi connectivity index (χ4v) is 3.73. The first-order chi connectivity index (χ1) is 13.7. The molecule has 0 fully saturated rings. The molecular formula is C23H24N2O3S. The van der Waals surface area contributed by atoms with Crippen LogP contribution in [0.1, 0.15) is 38.7 Å². The zero-order valence-corrected chi connectivity index (χ0v) is 17.5. The second kappa shape index (κ2) is 8.49. The summed E-state index contributed by atoms with van der Waals surface area (Å²) in [5.41, 5.74) is 4.72. The molecular weight excluding hydrogens is 384 g/mol. The molecule has 0 aliphatic heterocycles. The van der Waals surface area contributed by atoms with Crippen LogP contribution in [-0.2, 0) is 10.0 Å². The number of hydrogen-bond donors (Lipinski definition) is 2. The number of carbonyl (C=O) groups is 1. The Bertz CT molecular complexity index is 1110. The van der Waals surface area contributed by atoms with E-state index in [1.165, 1.54) is 0 Å². The highest BCUT2D eigenvalue weighted by Gasteiger charge is 2.18. The molecule has 1 atom stereocenters. The van der Waals surface area contributed by atoms with E-state index in [1.54, 1.807) is 25.1 Å². The summed E-state index contributed by atoms with van der Waals surface area (Å²) in [7, 11) is -3.38. The van der Waals surface area contributed by atoms with Crippen LogP contribution < -0.4 is 10.0 Å². The Morgan fingerprint density at radius 1 is 0.862 bits per heavy atom. The molecule has 1 amide bonds. The van der Waals surface area contributed by atoms with Crippen molar-refractivity contribution >= 4 is 21.6 Å². The topological polar surface area (TPSA) is 75.3 Å². The minimum absolute atomic E-state index is 0.228. The van der Waals surface area contributed by atoms with Crippen molar-refractivity contribution < 1.29 is 13.2 Å². The number of amides is 1. The second-order valence-electron chi connectivity index (χ2n) is 7.13. The summed E-state index contributed by atoms with van der Waals surface area (Å²) in [5.74, 6) is -0.228. The molecule has 1 unspecified atom stereocenters. The van der Waals surface area contributed by atoms with Gasteiger partial charge >= 0.3 is 0 Å². The van der Waals surface area contributed by atoms with Crippen LogP contribution in [0.2, 0.25) is 0 Å². The fraction of sp³-hybridized carbons (Fsp3) is 0.174. The van der Waals surface area contributed by atoms with Crippen molar-refractivity contribution in [2.24, 2.45) is 0 Å². The Morgan fingerprint density at radius 2 is 1.48 bits per heavy atom. The summed E-state index contributed by atoms with van der Waals surface area (Å²) < 4.78 is 25.4. The molecule has 6 heteroatoms. The maximum atomic E-state index is 13.0. The highest BCUT2D eigenvalue weighted by molar-refractivity contribution is 7.92. The van der Waals surface area contributed by atoms with Crippen molar-refractivity contribution in [3.8, 4) is 0 Å². The summed E-state index contributed by atoms with van der Waals surface area (Å²) in [6.45, 7) is 3.79. The fourth-order valence-electron chi connectivity index (χ4n) is 3.10. The molecule has 0 aliphatic carbocycles. The predicted octanol–water partition coefficient (Wildman–Crippen LogP) is 4.19. The lowest BCUT2D eigenvalue weighted by Gasteiger charge is -2.20. The smallest absolute Gasteiger partial charge is 0.252 e. The van der Waals surface area contributed by atoms with Crippen LogP contribution in [0.5, 0.6) is 0 Å². The highest BCUT2D eigenvalue weighted by atomic mass is 32.2. The number of aryl methyl sites for hydroxylation is 2. The zero-order chi connectivity index (χ0) is 21.0. The molecule has 0 aromatic heterocycles. The average Bonchev–Trinajstić information content (AvgIpc) is 2.68. The lowest BCUT2D eigenvalue weighted by atomic mass is 9.97. The molecule has 3 rings (SSSR count). The molecule has 0 saturated carbocycles. The highest BCUT2D eigenvalue weighted by Crippen LogP contribution is 2.24. The Hall–Kier alpha value is -3.12. The number of benzene rings is 3. The summed E-state index contributed by atoms with van der Waals surface area (Å²) in [6.07, 6.45) is 1.10. The number of carbonyl (C=O) groups excluding carboxylic acids is 1. The van der Waals surface area contributed by atoms with Crippen LogP contribution in [0.4, 0.5) is 5.69 Å². The first-order valence-electron chi connectivity index (χ1n) is 9.24. The van der Waals surface area contributed by atoms with E-state index in [4.69, 9.17) is 0 Å². The maximum absolute atomic E-state index is 13.0. The van der Waals surface area contributed by atoms with Crippen LogP contribution in [-0.4, -0.2) is 20.6 Å². The van der Waals surface area contributed by atoms with Crippen molar-refractivity contribution in [3.63, 3.8) is 0 Å². The van der Waals surface area contributed by atoms with Gasteiger partial charge in [-0.15, -0.1) is 0 Å². The van der Waals surface area contributed by atoms with Crippen molar-refractivity contribution in [3.05, 3.63) is 101 Å². The Labute approximate surface area is 171 Å². The molecule has 3 aromatic rings. The third kappa shape index (κ3) is 5.45. The molecule has 0 spiro atoms. The van der Waals surface area contributed by atoms with Crippen molar-refractivity contribution in [1.82, 2.24) is 5.32 Å². The van der Waals surface area contributed by atoms with E-state index in [0.29, 0.717) is 16.8 Å². The van der Waals surface area contributed by atoms with Gasteiger partial charge in [0.1, 0.15) is 0 Å². The predicted molar refractivity (Wildman–Crippen MR) is 117 cm³/mol. The summed E-state index contributed by atoms with van der Waals surface area (Å²) in [5, 5.41) is 3.10. The van der Waals surface area contributed by atoms with E-state index in [0.717, 1.165) is 22.9 Å². The zero-order valence-electron chi connectivity index (χ0n) is 16.6. The average molecular weight is 409 g/mol. The van der Waals surface area contributed by atoms with Crippen LogP contribution in [0.3, 0.4) is 0 Å². The number of anilines is 1. The van der Waals surface area contributed by atoms with Crippen molar-refractivity contribution in [1.29, 1.82) is 0 Å². The van der Waals surface area contributed by atoms with E-state index < -0.39 is 10.0 Å². The molecule has 150 valence electrons. The van der Waals surface area contributed by atoms with E-state index in [-0.39, 0.29) is 11.9 Å². The number of hydrogen-bond acceptors (Lipinski definition) is 3. The van der Waals surface area contributed by atoms with Gasteiger partial charge in [0, 0.05) is 5.56 Å². The number of nitrogens with one attached hydrogen (secondary N) is 2. The van der Waals surface area contributed by atoms with E-state index in [1.807, 2.05) is 61.5 Å². The summed E-state index contributed by atoms with van der Waals surface area (Å²) in [4.78, 5) is 13.0. The SMILES string of the molecule is Cc1ccc(C(NC(=O)c2ccc(NS(C)(=O)=O)c(C)c2)c2ccccc2)cc1. The molecule has 5 nitrogen and oxygen atoms in total. The normalized spacial score (nSPS) is 12.2. The largest absolute Gasteiger partial charge is 0.341 e. The van der Waals surface area contributed by atoms with Crippen molar-refractivity contribution in [2.45, 2.75) is 19.9 Å². The van der Waals surface area contributed by atoms with Gasteiger partial charge in [-0.05, 0) is 48.7 Å². The standard InChI is InChI=1S/C23H24N2O3S/c1-16-9-11-19(12-10-16)22(18-7-5-4-6-8-18)24-23(26)20-13-14-21(17(2)15-20)25-29(3,27)28/h4-15,22,25H,1-3H3,(H,24,26). The molecule has 0 radical (unpaired) electrons. The third-order valence-corrected chi connectivity index (χ3v) is 5.19. The van der Waals surface area contributed by atoms with Gasteiger partial charge in [-0.2, -0.15) is 0 Å². The quantitative estimate of drug-likeness (QED) is 0.642. The number of sulfonamides is 1. The maximum Gasteiger partial charge on any atom is 0.252 e. The van der Waals surface area contributed by atoms with Gasteiger partial charge in [0.05, 0.1) is 18.0 Å². The van der Waals surface area contributed by atoms with Crippen LogP contribution in [0.15, 0.2) is 72.8 Å². The van der Waals surface area contributed by atoms with Gasteiger partial charge in [-0.1, -0.05) is 60.2 Å². The minimum atomic E-state index is -3.38. The molecule has 29 heavy (non-hydrogen) atoms. The molecule has 0 aliphatic rings. The lowest BCUT2D eigenvalue weighted by molar-refractivity contribution is 0.0943. The van der Waals surface area contributed by atoms with Gasteiger partial charge in [0.15, 0.2) is 0 Å². The van der Waals surface area contributed by atoms with Crippen LogP contribution in [0, 0.1) is 13.8 Å². The van der Waals surface area contributed by atoms with Crippen LogP contribution in [0.25, 0.3) is 0 Å². The first-order valence-corrected chi connectivity index (χ1v) is 11.1. The Morgan fingerprint density at radius 3 is 2.07 bits per heavy atom. The third-order valence-electron chi connectivity index (χ3n) is 4.60. The van der Waals surface area contributed by atoms with Gasteiger partial charge < -0.3 is 5.32 Å².